The smallest absolute Gasteiger partial charge is 0.0110 e. The molecule has 17 heavy (non-hydrogen) atoms. The van der Waals surface area contributed by atoms with Crippen molar-refractivity contribution in [2.75, 3.05) is 13.6 Å². The van der Waals surface area contributed by atoms with E-state index in [1.807, 2.05) is 0 Å². The molecule has 0 aliphatic heterocycles. The summed E-state index contributed by atoms with van der Waals surface area (Å²) >= 11 is 0. The fraction of sp³-hybridized carbons (Fsp3) is 1.00. The van der Waals surface area contributed by atoms with Crippen LogP contribution in [0.3, 0.4) is 0 Å². The lowest BCUT2D eigenvalue weighted by molar-refractivity contribution is 0.119. The van der Waals surface area contributed by atoms with Crippen LogP contribution in [0.2, 0.25) is 0 Å². The van der Waals surface area contributed by atoms with Gasteiger partial charge in [0, 0.05) is 18.1 Å². The second-order valence-electron chi connectivity index (χ2n) is 6.31. The molecule has 2 heteroatoms. The number of nitrogens with zero attached hydrogens (tertiary/aromatic N) is 1. The van der Waals surface area contributed by atoms with Gasteiger partial charge < -0.3 is 10.2 Å². The molecule has 2 aliphatic carbocycles. The van der Waals surface area contributed by atoms with Crippen molar-refractivity contribution in [2.24, 2.45) is 5.92 Å². The molecule has 0 aromatic carbocycles. The fourth-order valence-corrected chi connectivity index (χ4v) is 3.87. The zero-order valence-electron chi connectivity index (χ0n) is 11.9. The van der Waals surface area contributed by atoms with Crippen LogP contribution in [0.4, 0.5) is 0 Å². The van der Waals surface area contributed by atoms with Crippen LogP contribution in [0.25, 0.3) is 0 Å². The van der Waals surface area contributed by atoms with Gasteiger partial charge in [-0.1, -0.05) is 26.7 Å². The van der Waals surface area contributed by atoms with E-state index in [4.69, 9.17) is 0 Å². The van der Waals surface area contributed by atoms with Gasteiger partial charge in [0.25, 0.3) is 0 Å². The quantitative estimate of drug-likeness (QED) is 0.810. The van der Waals surface area contributed by atoms with Gasteiger partial charge in [0.1, 0.15) is 0 Å². The molecule has 2 fully saturated rings. The van der Waals surface area contributed by atoms with Gasteiger partial charge in [-0.3, -0.25) is 0 Å². The van der Waals surface area contributed by atoms with Crippen molar-refractivity contribution in [1.29, 1.82) is 0 Å². The van der Waals surface area contributed by atoms with Crippen molar-refractivity contribution in [3.05, 3.63) is 0 Å². The third-order valence-corrected chi connectivity index (χ3v) is 4.96. The molecule has 2 aliphatic rings. The highest BCUT2D eigenvalue weighted by Crippen LogP contribution is 2.31. The Morgan fingerprint density at radius 1 is 1.06 bits per heavy atom. The molecule has 4 unspecified atom stereocenters. The molecule has 0 amide bonds. The zero-order chi connectivity index (χ0) is 12.3. The average Bonchev–Trinajstić information content (AvgIpc) is 2.77. The Hall–Kier alpha value is -0.0800. The summed E-state index contributed by atoms with van der Waals surface area (Å²) in [4.78, 5) is 2.72. The van der Waals surface area contributed by atoms with Crippen LogP contribution in [0.5, 0.6) is 0 Å². The molecular formula is C15H30N2. The average molecular weight is 238 g/mol. The molecule has 0 aromatic rings. The van der Waals surface area contributed by atoms with Gasteiger partial charge in [-0.05, 0) is 51.6 Å². The van der Waals surface area contributed by atoms with Crippen LogP contribution < -0.4 is 5.32 Å². The molecular weight excluding hydrogens is 208 g/mol. The predicted molar refractivity (Wildman–Crippen MR) is 74.3 cm³/mol. The Balaban J connectivity index is 1.81. The summed E-state index contributed by atoms with van der Waals surface area (Å²) in [6, 6.07) is 2.49. The number of hydrogen-bond acceptors (Lipinski definition) is 2. The van der Waals surface area contributed by atoms with E-state index in [1.165, 1.54) is 44.9 Å². The van der Waals surface area contributed by atoms with E-state index in [-0.39, 0.29) is 0 Å². The molecule has 2 rings (SSSR count). The molecule has 0 radical (unpaired) electrons. The van der Waals surface area contributed by atoms with Crippen LogP contribution in [0, 0.1) is 5.92 Å². The fourth-order valence-electron chi connectivity index (χ4n) is 3.87. The molecule has 0 saturated heterocycles. The highest BCUT2D eigenvalue weighted by atomic mass is 15.2. The molecule has 100 valence electrons. The first kappa shape index (κ1) is 13.4. The van der Waals surface area contributed by atoms with Crippen molar-refractivity contribution in [1.82, 2.24) is 10.2 Å². The largest absolute Gasteiger partial charge is 0.314 e. The highest BCUT2D eigenvalue weighted by Gasteiger charge is 2.32. The Bertz CT molecular complexity index is 229. The van der Waals surface area contributed by atoms with Crippen LogP contribution in [0.1, 0.15) is 58.8 Å². The monoisotopic (exact) mass is 238 g/mol. The Kier molecular flexibility index (Phi) is 4.87. The Morgan fingerprint density at radius 2 is 1.82 bits per heavy atom. The molecule has 2 saturated carbocycles. The maximum Gasteiger partial charge on any atom is 0.0110 e. The first-order chi connectivity index (χ1) is 8.20. The van der Waals surface area contributed by atoms with Gasteiger partial charge >= 0.3 is 0 Å². The third kappa shape index (κ3) is 3.45. The first-order valence-electron chi connectivity index (χ1n) is 7.66. The van der Waals surface area contributed by atoms with E-state index in [1.54, 1.807) is 0 Å². The SMILES string of the molecule is CCNC1CCC(N(C)C2CCCC(C)C2)C1. The van der Waals surface area contributed by atoms with E-state index >= 15 is 0 Å². The summed E-state index contributed by atoms with van der Waals surface area (Å²) in [7, 11) is 2.38. The molecule has 0 heterocycles. The van der Waals surface area contributed by atoms with E-state index in [0.29, 0.717) is 0 Å². The van der Waals surface area contributed by atoms with E-state index < -0.39 is 0 Å². The zero-order valence-corrected chi connectivity index (χ0v) is 11.9. The summed E-state index contributed by atoms with van der Waals surface area (Å²) < 4.78 is 0. The van der Waals surface area contributed by atoms with Crippen LogP contribution in [-0.2, 0) is 0 Å². The maximum absolute atomic E-state index is 3.61. The van der Waals surface area contributed by atoms with E-state index in [2.05, 4.69) is 31.1 Å². The highest BCUT2D eigenvalue weighted by molar-refractivity contribution is 4.89. The molecule has 0 aromatic heterocycles. The maximum atomic E-state index is 3.61. The van der Waals surface area contributed by atoms with Crippen molar-refractivity contribution in [3.63, 3.8) is 0 Å². The van der Waals surface area contributed by atoms with E-state index in [0.717, 1.165) is 30.6 Å². The second kappa shape index (κ2) is 6.19. The Morgan fingerprint density at radius 3 is 2.53 bits per heavy atom. The molecule has 0 spiro atoms. The van der Waals surface area contributed by atoms with Gasteiger partial charge in [-0.15, -0.1) is 0 Å². The third-order valence-electron chi connectivity index (χ3n) is 4.96. The van der Waals surface area contributed by atoms with E-state index in [9.17, 15) is 0 Å². The van der Waals surface area contributed by atoms with Gasteiger partial charge in [0.15, 0.2) is 0 Å². The minimum absolute atomic E-state index is 0.786. The summed E-state index contributed by atoms with van der Waals surface area (Å²) in [6.07, 6.45) is 9.91. The van der Waals surface area contributed by atoms with Gasteiger partial charge in [-0.2, -0.15) is 0 Å². The lowest BCUT2D eigenvalue weighted by Gasteiger charge is -2.37. The van der Waals surface area contributed by atoms with Crippen LogP contribution in [-0.4, -0.2) is 36.6 Å². The van der Waals surface area contributed by atoms with Gasteiger partial charge in [0.05, 0.1) is 0 Å². The standard InChI is InChI=1S/C15H30N2/c1-4-16-13-8-9-15(11-13)17(3)14-7-5-6-12(2)10-14/h12-16H,4-11H2,1-3H3. The number of rotatable bonds is 4. The summed E-state index contributed by atoms with van der Waals surface area (Å²) in [5.74, 6) is 0.946. The topological polar surface area (TPSA) is 15.3 Å². The minimum Gasteiger partial charge on any atom is -0.314 e. The normalized spacial score (nSPS) is 38.8. The van der Waals surface area contributed by atoms with Crippen molar-refractivity contribution >= 4 is 0 Å². The van der Waals surface area contributed by atoms with Crippen LogP contribution >= 0.6 is 0 Å². The lowest BCUT2D eigenvalue weighted by Crippen LogP contribution is -2.42. The molecule has 2 nitrogen and oxygen atoms in total. The summed E-state index contributed by atoms with van der Waals surface area (Å²) in [6.45, 7) is 5.78. The first-order valence-corrected chi connectivity index (χ1v) is 7.66. The van der Waals surface area contributed by atoms with Gasteiger partial charge in [0.2, 0.25) is 0 Å². The van der Waals surface area contributed by atoms with Crippen LogP contribution in [0.15, 0.2) is 0 Å². The molecule has 0 bridgehead atoms. The number of hydrogen-bond donors (Lipinski definition) is 1. The number of nitrogens with one attached hydrogen (secondary N) is 1. The van der Waals surface area contributed by atoms with Crippen molar-refractivity contribution in [2.45, 2.75) is 76.9 Å². The van der Waals surface area contributed by atoms with Crippen molar-refractivity contribution < 1.29 is 0 Å². The van der Waals surface area contributed by atoms with Crippen molar-refractivity contribution in [3.8, 4) is 0 Å². The molecule has 1 N–H and O–H groups in total. The molecule has 4 atom stereocenters. The van der Waals surface area contributed by atoms with Gasteiger partial charge in [-0.25, -0.2) is 0 Å². The summed E-state index contributed by atoms with van der Waals surface area (Å²) in [5, 5.41) is 3.61. The summed E-state index contributed by atoms with van der Waals surface area (Å²) in [5.41, 5.74) is 0. The Labute approximate surface area is 107 Å². The second-order valence-corrected chi connectivity index (χ2v) is 6.31. The predicted octanol–water partition coefficient (Wildman–Crippen LogP) is 3.03. The lowest BCUT2D eigenvalue weighted by atomic mass is 9.86. The minimum atomic E-state index is 0.786.